The monoisotopic (exact) mass is 498 g/mol. The highest BCUT2D eigenvalue weighted by atomic mass is 16.5. The van der Waals surface area contributed by atoms with E-state index in [1.165, 1.54) is 0 Å². The number of rotatable bonds is 8. The predicted molar refractivity (Wildman–Crippen MR) is 132 cm³/mol. The number of benzene rings is 1. The van der Waals surface area contributed by atoms with E-state index in [4.69, 9.17) is 4.74 Å². The van der Waals surface area contributed by atoms with Crippen molar-refractivity contribution in [1.29, 1.82) is 0 Å². The lowest BCUT2D eigenvalue weighted by Crippen LogP contribution is -2.54. The molecule has 11 heteroatoms. The number of carbonyl (C=O) groups is 4. The molecule has 1 aromatic carbocycles. The van der Waals surface area contributed by atoms with Gasteiger partial charge in [0.05, 0.1) is 24.3 Å². The SMILES string of the molecule is O=C1CCC(N2C(=O)c3ccc(N4CCN(CCOCCN5CCNCC5)CC4)cc3C2=O)C(=O)N1. The number of amides is 4. The largest absolute Gasteiger partial charge is 0.379 e. The van der Waals surface area contributed by atoms with Crippen molar-refractivity contribution >= 4 is 29.3 Å². The molecule has 4 aliphatic heterocycles. The van der Waals surface area contributed by atoms with E-state index in [0.717, 1.165) is 89.2 Å². The van der Waals surface area contributed by atoms with E-state index in [2.05, 4.69) is 25.3 Å². The Hall–Kier alpha value is -2.86. The first kappa shape index (κ1) is 24.8. The van der Waals surface area contributed by atoms with Crippen molar-refractivity contribution in [3.05, 3.63) is 29.3 Å². The van der Waals surface area contributed by atoms with Gasteiger partial charge in [-0.05, 0) is 24.6 Å². The molecule has 1 unspecified atom stereocenters. The van der Waals surface area contributed by atoms with E-state index >= 15 is 0 Å². The number of hydrogen-bond acceptors (Lipinski definition) is 9. The third-order valence-corrected chi connectivity index (χ3v) is 7.47. The molecule has 4 amide bonds. The summed E-state index contributed by atoms with van der Waals surface area (Å²) in [5, 5.41) is 5.59. The van der Waals surface area contributed by atoms with Crippen LogP contribution in [-0.4, -0.2) is 123 Å². The molecule has 0 aromatic heterocycles. The summed E-state index contributed by atoms with van der Waals surface area (Å²) in [5.41, 5.74) is 1.53. The number of nitrogens with one attached hydrogen (secondary N) is 2. The second kappa shape index (κ2) is 11.0. The molecular weight excluding hydrogens is 464 g/mol. The summed E-state index contributed by atoms with van der Waals surface area (Å²) in [7, 11) is 0. The minimum Gasteiger partial charge on any atom is -0.379 e. The molecule has 4 aliphatic rings. The number of nitrogens with zero attached hydrogens (tertiary/aromatic N) is 4. The highest BCUT2D eigenvalue weighted by molar-refractivity contribution is 6.23. The van der Waals surface area contributed by atoms with Crippen LogP contribution < -0.4 is 15.5 Å². The fourth-order valence-electron chi connectivity index (χ4n) is 5.31. The quantitative estimate of drug-likeness (QED) is 0.349. The molecule has 0 spiro atoms. The Bertz CT molecular complexity index is 1020. The standard InChI is InChI=1S/C25H34N6O5/c32-22-4-3-21(23(33)27-22)31-24(34)19-2-1-18(17-20(19)25(31)35)30-11-9-29(10-12-30)14-16-36-15-13-28-7-5-26-6-8-28/h1-2,17,21,26H,3-16H2,(H,27,32,33). The Kier molecular flexibility index (Phi) is 7.61. The molecular formula is C25H34N6O5. The summed E-state index contributed by atoms with van der Waals surface area (Å²) in [6.07, 6.45) is 0.269. The fourth-order valence-corrected chi connectivity index (χ4v) is 5.31. The van der Waals surface area contributed by atoms with Gasteiger partial charge in [0.15, 0.2) is 0 Å². The second-order valence-electron chi connectivity index (χ2n) is 9.71. The summed E-state index contributed by atoms with van der Waals surface area (Å²) < 4.78 is 5.86. The molecule has 2 N–H and O–H groups in total. The van der Waals surface area contributed by atoms with Gasteiger partial charge in [-0.2, -0.15) is 0 Å². The maximum Gasteiger partial charge on any atom is 0.262 e. The highest BCUT2D eigenvalue weighted by Crippen LogP contribution is 2.31. The van der Waals surface area contributed by atoms with Gasteiger partial charge in [0.2, 0.25) is 11.8 Å². The summed E-state index contributed by atoms with van der Waals surface area (Å²) in [4.78, 5) is 57.7. The summed E-state index contributed by atoms with van der Waals surface area (Å²) in [5.74, 6) is -1.92. The van der Waals surface area contributed by atoms with Gasteiger partial charge in [0.25, 0.3) is 11.8 Å². The summed E-state index contributed by atoms with van der Waals surface area (Å²) >= 11 is 0. The van der Waals surface area contributed by atoms with E-state index in [-0.39, 0.29) is 18.7 Å². The number of carbonyl (C=O) groups excluding carboxylic acids is 4. The highest BCUT2D eigenvalue weighted by Gasteiger charge is 2.44. The van der Waals surface area contributed by atoms with Gasteiger partial charge in [-0.15, -0.1) is 0 Å². The van der Waals surface area contributed by atoms with Crippen molar-refractivity contribution in [3.8, 4) is 0 Å². The molecule has 194 valence electrons. The number of piperazine rings is 2. The lowest BCUT2D eigenvalue weighted by atomic mass is 10.0. The van der Waals surface area contributed by atoms with Crippen molar-refractivity contribution in [2.75, 3.05) is 83.6 Å². The molecule has 1 aromatic rings. The molecule has 0 aliphatic carbocycles. The van der Waals surface area contributed by atoms with Gasteiger partial charge in [-0.25, -0.2) is 0 Å². The van der Waals surface area contributed by atoms with Crippen LogP contribution >= 0.6 is 0 Å². The molecule has 0 saturated carbocycles. The van der Waals surface area contributed by atoms with Gasteiger partial charge >= 0.3 is 0 Å². The minimum absolute atomic E-state index is 0.112. The normalized spacial score (nSPS) is 23.8. The lowest BCUT2D eigenvalue weighted by molar-refractivity contribution is -0.136. The van der Waals surface area contributed by atoms with Crippen LogP contribution in [0.5, 0.6) is 0 Å². The topological polar surface area (TPSA) is 115 Å². The second-order valence-corrected chi connectivity index (χ2v) is 9.71. The van der Waals surface area contributed by atoms with Crippen LogP contribution in [0.1, 0.15) is 33.6 Å². The zero-order valence-corrected chi connectivity index (χ0v) is 20.5. The molecule has 0 bridgehead atoms. The van der Waals surface area contributed by atoms with Crippen molar-refractivity contribution in [2.24, 2.45) is 0 Å². The maximum absolute atomic E-state index is 13.1. The number of piperidine rings is 1. The third kappa shape index (κ3) is 5.29. The number of ether oxygens (including phenoxy) is 1. The van der Waals surface area contributed by atoms with Crippen LogP contribution in [0.4, 0.5) is 5.69 Å². The Morgan fingerprint density at radius 1 is 0.833 bits per heavy atom. The number of fused-ring (bicyclic) bond motifs is 1. The molecule has 5 rings (SSSR count). The van der Waals surface area contributed by atoms with Gasteiger partial charge < -0.3 is 15.0 Å². The Balaban J connectivity index is 1.10. The van der Waals surface area contributed by atoms with Crippen LogP contribution in [0.2, 0.25) is 0 Å². The zero-order valence-electron chi connectivity index (χ0n) is 20.5. The smallest absolute Gasteiger partial charge is 0.262 e. The van der Waals surface area contributed by atoms with Gasteiger partial charge in [0.1, 0.15) is 6.04 Å². The first-order valence-corrected chi connectivity index (χ1v) is 12.8. The predicted octanol–water partition coefficient (Wildman–Crippen LogP) is -0.868. The van der Waals surface area contributed by atoms with Crippen molar-refractivity contribution < 1.29 is 23.9 Å². The fraction of sp³-hybridized carbons (Fsp3) is 0.600. The molecule has 3 saturated heterocycles. The van der Waals surface area contributed by atoms with E-state index in [9.17, 15) is 19.2 Å². The average molecular weight is 499 g/mol. The first-order chi connectivity index (χ1) is 17.5. The van der Waals surface area contributed by atoms with Crippen molar-refractivity contribution in [2.45, 2.75) is 18.9 Å². The molecule has 4 heterocycles. The van der Waals surface area contributed by atoms with Crippen LogP contribution in [0.25, 0.3) is 0 Å². The summed E-state index contributed by atoms with van der Waals surface area (Å²) in [6, 6.07) is 4.36. The minimum atomic E-state index is -0.943. The maximum atomic E-state index is 13.1. The Morgan fingerprint density at radius 3 is 2.19 bits per heavy atom. The molecule has 0 radical (unpaired) electrons. The van der Waals surface area contributed by atoms with Gasteiger partial charge in [0, 0.05) is 77.6 Å². The molecule has 36 heavy (non-hydrogen) atoms. The molecule has 3 fully saturated rings. The zero-order chi connectivity index (χ0) is 25.1. The number of anilines is 1. The van der Waals surface area contributed by atoms with E-state index < -0.39 is 23.8 Å². The lowest BCUT2D eigenvalue weighted by Gasteiger charge is -2.36. The number of imide groups is 2. The summed E-state index contributed by atoms with van der Waals surface area (Å²) in [6.45, 7) is 11.1. The molecule has 11 nitrogen and oxygen atoms in total. The molecule has 1 atom stereocenters. The van der Waals surface area contributed by atoms with Gasteiger partial charge in [-0.3, -0.25) is 39.2 Å². The van der Waals surface area contributed by atoms with Gasteiger partial charge in [-0.1, -0.05) is 0 Å². The average Bonchev–Trinajstić information content (AvgIpc) is 3.14. The van der Waals surface area contributed by atoms with E-state index in [1.807, 2.05) is 6.07 Å². The van der Waals surface area contributed by atoms with Crippen LogP contribution in [0, 0.1) is 0 Å². The third-order valence-electron chi connectivity index (χ3n) is 7.47. The first-order valence-electron chi connectivity index (χ1n) is 12.8. The van der Waals surface area contributed by atoms with E-state index in [0.29, 0.717) is 11.1 Å². The van der Waals surface area contributed by atoms with Crippen LogP contribution in [0.3, 0.4) is 0 Å². The van der Waals surface area contributed by atoms with Crippen LogP contribution in [0.15, 0.2) is 18.2 Å². The Labute approximate surface area is 210 Å². The Morgan fingerprint density at radius 2 is 1.50 bits per heavy atom. The van der Waals surface area contributed by atoms with Crippen LogP contribution in [-0.2, 0) is 14.3 Å². The van der Waals surface area contributed by atoms with Crippen molar-refractivity contribution in [3.63, 3.8) is 0 Å². The number of hydrogen-bond donors (Lipinski definition) is 2. The van der Waals surface area contributed by atoms with Crippen molar-refractivity contribution in [1.82, 2.24) is 25.3 Å². The van der Waals surface area contributed by atoms with E-state index in [1.54, 1.807) is 12.1 Å².